The predicted molar refractivity (Wildman–Crippen MR) is 101 cm³/mol. The maximum Gasteiger partial charge on any atom is 0.236 e. The van der Waals surface area contributed by atoms with E-state index in [1.165, 1.54) is 0 Å². The van der Waals surface area contributed by atoms with Crippen molar-refractivity contribution >= 4 is 17.3 Å². The van der Waals surface area contributed by atoms with Gasteiger partial charge in [-0.2, -0.15) is 0 Å². The second-order valence-electron chi connectivity index (χ2n) is 5.92. The zero-order valence-electron chi connectivity index (χ0n) is 14.7. The number of aliphatic hydroxyl groups is 1. The van der Waals surface area contributed by atoms with E-state index in [4.69, 9.17) is 8.83 Å². The lowest BCUT2D eigenvalue weighted by Gasteiger charge is -2.22. The Morgan fingerprint density at radius 3 is 2.88 bits per heavy atom. The third-order valence-corrected chi connectivity index (χ3v) is 4.54. The molecule has 8 heteroatoms. The second-order valence-corrected chi connectivity index (χ2v) is 6.87. The largest absolute Gasteiger partial charge is 0.466 e. The Morgan fingerprint density at radius 1 is 1.31 bits per heavy atom. The maximum absolute atomic E-state index is 10.5. The number of furan rings is 1. The average Bonchev–Trinajstić information content (AvgIpc) is 3.39. The van der Waals surface area contributed by atoms with E-state index in [0.717, 1.165) is 10.6 Å². The van der Waals surface area contributed by atoms with Crippen LogP contribution in [0.25, 0.3) is 10.8 Å². The lowest BCUT2D eigenvalue weighted by atomic mass is 10.0. The summed E-state index contributed by atoms with van der Waals surface area (Å²) in [5.41, 5.74) is -0.400. The molecule has 7 nitrogen and oxygen atoms in total. The van der Waals surface area contributed by atoms with Gasteiger partial charge in [0.05, 0.1) is 24.2 Å². The number of guanidine groups is 1. The molecule has 0 aliphatic rings. The van der Waals surface area contributed by atoms with E-state index >= 15 is 0 Å². The molecule has 3 N–H and O–H groups in total. The van der Waals surface area contributed by atoms with E-state index in [2.05, 4.69) is 20.6 Å². The molecule has 0 amide bonds. The highest BCUT2D eigenvalue weighted by atomic mass is 32.1. The summed E-state index contributed by atoms with van der Waals surface area (Å²) in [5, 5.41) is 18.8. The standard InChI is InChI=1S/C18H22N4O3S/c1-3-19-17(21-12-18(2,23)15-7-4-8-24-15)20-10-13-11-25-16(22-13)14-6-5-9-26-14/h4-9,11,23H,3,10,12H2,1-2H3,(H2,19,20,21). The molecule has 3 aromatic rings. The van der Waals surface area contributed by atoms with E-state index in [0.29, 0.717) is 30.7 Å². The molecule has 0 fully saturated rings. The highest BCUT2D eigenvalue weighted by Crippen LogP contribution is 2.23. The summed E-state index contributed by atoms with van der Waals surface area (Å²) in [6, 6.07) is 7.41. The smallest absolute Gasteiger partial charge is 0.236 e. The fourth-order valence-electron chi connectivity index (χ4n) is 2.32. The fraction of sp³-hybridized carbons (Fsp3) is 0.333. The lowest BCUT2D eigenvalue weighted by Crippen LogP contribution is -2.44. The molecular weight excluding hydrogens is 352 g/mol. The van der Waals surface area contributed by atoms with Crippen molar-refractivity contribution in [1.29, 1.82) is 0 Å². The van der Waals surface area contributed by atoms with Gasteiger partial charge in [0, 0.05) is 6.54 Å². The summed E-state index contributed by atoms with van der Waals surface area (Å²) in [4.78, 5) is 9.93. The Labute approximate surface area is 155 Å². The number of rotatable bonds is 7. The van der Waals surface area contributed by atoms with Crippen LogP contribution in [-0.4, -0.2) is 29.1 Å². The van der Waals surface area contributed by atoms with Crippen LogP contribution in [0.1, 0.15) is 25.3 Å². The van der Waals surface area contributed by atoms with Gasteiger partial charge in [-0.15, -0.1) is 11.3 Å². The predicted octanol–water partition coefficient (Wildman–Crippen LogP) is 2.96. The van der Waals surface area contributed by atoms with Gasteiger partial charge in [-0.05, 0) is 37.4 Å². The van der Waals surface area contributed by atoms with E-state index in [1.807, 2.05) is 24.4 Å². The topological polar surface area (TPSA) is 95.8 Å². The molecule has 0 saturated heterocycles. The summed E-state index contributed by atoms with van der Waals surface area (Å²) in [6.45, 7) is 4.99. The summed E-state index contributed by atoms with van der Waals surface area (Å²) >= 11 is 1.58. The van der Waals surface area contributed by atoms with Crippen LogP contribution < -0.4 is 10.6 Å². The van der Waals surface area contributed by atoms with Crippen molar-refractivity contribution < 1.29 is 13.9 Å². The molecule has 0 aliphatic heterocycles. The minimum Gasteiger partial charge on any atom is -0.466 e. The summed E-state index contributed by atoms with van der Waals surface area (Å²) in [6.07, 6.45) is 3.15. The van der Waals surface area contributed by atoms with Crippen molar-refractivity contribution in [2.45, 2.75) is 26.0 Å². The summed E-state index contributed by atoms with van der Waals surface area (Å²) in [7, 11) is 0. The first-order valence-electron chi connectivity index (χ1n) is 8.35. The highest BCUT2D eigenvalue weighted by molar-refractivity contribution is 7.13. The first-order chi connectivity index (χ1) is 12.6. The zero-order valence-corrected chi connectivity index (χ0v) is 15.5. The molecule has 3 heterocycles. The van der Waals surface area contributed by atoms with Gasteiger partial charge in [0.25, 0.3) is 0 Å². The van der Waals surface area contributed by atoms with Crippen molar-refractivity contribution in [2.24, 2.45) is 4.99 Å². The molecule has 1 unspecified atom stereocenters. The fourth-order valence-corrected chi connectivity index (χ4v) is 2.98. The average molecular weight is 374 g/mol. The van der Waals surface area contributed by atoms with Gasteiger partial charge in [0.1, 0.15) is 23.3 Å². The number of thiophene rings is 1. The van der Waals surface area contributed by atoms with E-state index in [1.54, 1.807) is 42.9 Å². The first-order valence-corrected chi connectivity index (χ1v) is 9.23. The molecule has 0 radical (unpaired) electrons. The Bertz CT molecular complexity index is 823. The quantitative estimate of drug-likeness (QED) is 0.435. The monoisotopic (exact) mass is 374 g/mol. The summed E-state index contributed by atoms with van der Waals surface area (Å²) in [5.74, 6) is 1.68. The molecule has 1 atom stereocenters. The molecule has 0 spiro atoms. The van der Waals surface area contributed by atoms with Crippen LogP contribution in [-0.2, 0) is 12.1 Å². The Morgan fingerprint density at radius 2 is 2.19 bits per heavy atom. The molecule has 26 heavy (non-hydrogen) atoms. The van der Waals surface area contributed by atoms with E-state index < -0.39 is 5.60 Å². The summed E-state index contributed by atoms with van der Waals surface area (Å²) < 4.78 is 10.8. The van der Waals surface area contributed by atoms with Crippen molar-refractivity contribution in [2.75, 3.05) is 13.1 Å². The Kier molecular flexibility index (Phi) is 5.75. The Balaban J connectivity index is 1.62. The number of aliphatic imine (C=N–C) groups is 1. The number of hydrogen-bond acceptors (Lipinski definition) is 6. The van der Waals surface area contributed by atoms with Crippen molar-refractivity contribution in [3.8, 4) is 10.8 Å². The van der Waals surface area contributed by atoms with Crippen LogP contribution in [0.3, 0.4) is 0 Å². The lowest BCUT2D eigenvalue weighted by molar-refractivity contribution is 0.0386. The minimum atomic E-state index is -1.14. The number of oxazole rings is 1. The van der Waals surface area contributed by atoms with Gasteiger partial charge in [-0.1, -0.05) is 6.07 Å². The van der Waals surface area contributed by atoms with Crippen LogP contribution in [0.2, 0.25) is 0 Å². The van der Waals surface area contributed by atoms with Crippen LogP contribution in [0.4, 0.5) is 0 Å². The van der Waals surface area contributed by atoms with E-state index in [-0.39, 0.29) is 6.54 Å². The number of hydrogen-bond donors (Lipinski definition) is 3. The highest BCUT2D eigenvalue weighted by Gasteiger charge is 2.26. The van der Waals surface area contributed by atoms with Crippen LogP contribution in [0, 0.1) is 0 Å². The van der Waals surface area contributed by atoms with Crippen LogP contribution in [0.15, 0.2) is 56.0 Å². The molecule has 3 rings (SSSR count). The Hall–Kier alpha value is -2.58. The van der Waals surface area contributed by atoms with Gasteiger partial charge in [-0.3, -0.25) is 0 Å². The number of nitrogens with zero attached hydrogens (tertiary/aromatic N) is 2. The SMILES string of the molecule is CCNC(=NCc1coc(-c2cccs2)n1)NCC(C)(O)c1ccco1. The third kappa shape index (κ3) is 4.53. The van der Waals surface area contributed by atoms with Gasteiger partial charge < -0.3 is 24.6 Å². The number of nitrogens with one attached hydrogen (secondary N) is 2. The third-order valence-electron chi connectivity index (χ3n) is 3.68. The van der Waals surface area contributed by atoms with Gasteiger partial charge in [0.15, 0.2) is 5.96 Å². The first kappa shape index (κ1) is 18.2. The molecule has 3 aromatic heterocycles. The maximum atomic E-state index is 10.5. The zero-order chi connectivity index (χ0) is 18.4. The molecule has 0 bridgehead atoms. The molecule has 0 saturated carbocycles. The molecule has 138 valence electrons. The minimum absolute atomic E-state index is 0.256. The van der Waals surface area contributed by atoms with Gasteiger partial charge in [0.2, 0.25) is 5.89 Å². The number of aromatic nitrogens is 1. The van der Waals surface area contributed by atoms with Gasteiger partial charge >= 0.3 is 0 Å². The normalized spacial score (nSPS) is 14.2. The second kappa shape index (κ2) is 8.20. The van der Waals surface area contributed by atoms with Crippen molar-refractivity contribution in [3.05, 3.63) is 53.6 Å². The molecule has 0 aromatic carbocycles. The van der Waals surface area contributed by atoms with Gasteiger partial charge in [-0.25, -0.2) is 9.98 Å². The van der Waals surface area contributed by atoms with Crippen molar-refractivity contribution in [1.82, 2.24) is 15.6 Å². The van der Waals surface area contributed by atoms with Crippen LogP contribution >= 0.6 is 11.3 Å². The van der Waals surface area contributed by atoms with E-state index in [9.17, 15) is 5.11 Å². The van der Waals surface area contributed by atoms with Crippen molar-refractivity contribution in [3.63, 3.8) is 0 Å². The van der Waals surface area contributed by atoms with Crippen LogP contribution in [0.5, 0.6) is 0 Å². The molecule has 0 aliphatic carbocycles. The molecular formula is C18H22N4O3S.